The first-order valence-corrected chi connectivity index (χ1v) is 6.74. The van der Waals surface area contributed by atoms with Gasteiger partial charge in [0.15, 0.2) is 0 Å². The van der Waals surface area contributed by atoms with Crippen LogP contribution in [0.4, 0.5) is 5.82 Å². The second-order valence-corrected chi connectivity index (χ2v) is 5.01. The van der Waals surface area contributed by atoms with Crippen molar-refractivity contribution < 1.29 is 5.11 Å². The van der Waals surface area contributed by atoms with Crippen molar-refractivity contribution in [1.29, 1.82) is 0 Å². The fourth-order valence-electron chi connectivity index (χ4n) is 1.96. The molecule has 0 radical (unpaired) electrons. The van der Waals surface area contributed by atoms with Gasteiger partial charge >= 0.3 is 0 Å². The third-order valence-corrected chi connectivity index (χ3v) is 3.72. The molecular formula is C13H17N3OS. The smallest absolute Gasteiger partial charge is 0.141 e. The van der Waals surface area contributed by atoms with Gasteiger partial charge in [-0.25, -0.2) is 9.97 Å². The molecule has 2 rings (SSSR count). The third-order valence-electron chi connectivity index (χ3n) is 2.73. The van der Waals surface area contributed by atoms with Crippen molar-refractivity contribution >= 4 is 27.4 Å². The summed E-state index contributed by atoms with van der Waals surface area (Å²) in [6, 6.07) is 0. The van der Waals surface area contributed by atoms with E-state index in [-0.39, 0.29) is 6.61 Å². The largest absolute Gasteiger partial charge is 0.395 e. The molecule has 0 bridgehead atoms. The Kier molecular flexibility index (Phi) is 3.93. The quantitative estimate of drug-likeness (QED) is 0.841. The Morgan fingerprint density at radius 3 is 2.89 bits per heavy atom. The lowest BCUT2D eigenvalue weighted by Crippen LogP contribution is -2.28. The number of aliphatic hydroxyl groups is 1. The lowest BCUT2D eigenvalue weighted by Gasteiger charge is -2.22. The summed E-state index contributed by atoms with van der Waals surface area (Å²) in [5, 5.41) is 12.3. The summed E-state index contributed by atoms with van der Waals surface area (Å²) in [4.78, 5) is 12.0. The maximum atomic E-state index is 9.17. The van der Waals surface area contributed by atoms with E-state index in [1.807, 2.05) is 17.9 Å². The van der Waals surface area contributed by atoms with Gasteiger partial charge in [0, 0.05) is 13.1 Å². The summed E-state index contributed by atoms with van der Waals surface area (Å²) < 4.78 is 0. The Balaban J connectivity index is 2.58. The van der Waals surface area contributed by atoms with Crippen LogP contribution in [0.1, 0.15) is 11.4 Å². The van der Waals surface area contributed by atoms with Crippen LogP contribution in [0, 0.1) is 13.8 Å². The van der Waals surface area contributed by atoms with Crippen molar-refractivity contribution in [1.82, 2.24) is 9.97 Å². The Hall–Kier alpha value is -1.46. The number of rotatable bonds is 5. The third kappa shape index (κ3) is 2.37. The minimum absolute atomic E-state index is 0.0988. The summed E-state index contributed by atoms with van der Waals surface area (Å²) in [6.07, 6.45) is 1.82. The summed E-state index contributed by atoms with van der Waals surface area (Å²) in [5.74, 6) is 1.65. The number of aryl methyl sites for hydroxylation is 2. The second-order valence-electron chi connectivity index (χ2n) is 4.15. The molecule has 0 spiro atoms. The fraction of sp³-hybridized carbons (Fsp3) is 0.385. The Morgan fingerprint density at radius 1 is 1.44 bits per heavy atom. The molecule has 0 unspecified atom stereocenters. The van der Waals surface area contributed by atoms with Gasteiger partial charge in [0.05, 0.1) is 12.0 Å². The zero-order valence-corrected chi connectivity index (χ0v) is 11.5. The molecule has 0 aromatic carbocycles. The van der Waals surface area contributed by atoms with Crippen LogP contribution in [0.15, 0.2) is 18.0 Å². The van der Waals surface area contributed by atoms with Crippen LogP contribution in [-0.4, -0.2) is 34.8 Å². The molecule has 0 aliphatic carbocycles. The van der Waals surface area contributed by atoms with Gasteiger partial charge in [0.1, 0.15) is 16.5 Å². The molecule has 96 valence electrons. The van der Waals surface area contributed by atoms with E-state index in [0.29, 0.717) is 13.1 Å². The number of hydrogen-bond acceptors (Lipinski definition) is 5. The molecule has 0 saturated heterocycles. The van der Waals surface area contributed by atoms with Gasteiger partial charge in [-0.05, 0) is 24.8 Å². The van der Waals surface area contributed by atoms with Gasteiger partial charge in [0.25, 0.3) is 0 Å². The number of hydrogen-bond donors (Lipinski definition) is 1. The van der Waals surface area contributed by atoms with Crippen molar-refractivity contribution in [3.8, 4) is 0 Å². The standard InChI is InChI=1S/C13H17N3OS/c1-4-5-16(6-7-17)12-11-9(2)8-18-13(11)15-10(3)14-12/h4,8,17H,1,5-7H2,2-3H3. The van der Waals surface area contributed by atoms with Gasteiger partial charge in [-0.1, -0.05) is 6.08 Å². The van der Waals surface area contributed by atoms with E-state index in [0.717, 1.165) is 21.9 Å². The number of fused-ring (bicyclic) bond motifs is 1. The van der Waals surface area contributed by atoms with E-state index in [9.17, 15) is 0 Å². The molecule has 5 heteroatoms. The summed E-state index contributed by atoms with van der Waals surface area (Å²) in [6.45, 7) is 9.03. The highest BCUT2D eigenvalue weighted by molar-refractivity contribution is 7.17. The maximum absolute atomic E-state index is 9.17. The first-order valence-electron chi connectivity index (χ1n) is 5.86. The van der Waals surface area contributed by atoms with Crippen LogP contribution in [-0.2, 0) is 0 Å². The fourth-order valence-corrected chi connectivity index (χ4v) is 2.92. The number of thiophene rings is 1. The average molecular weight is 263 g/mol. The zero-order chi connectivity index (χ0) is 13.1. The van der Waals surface area contributed by atoms with Crippen molar-refractivity contribution in [2.45, 2.75) is 13.8 Å². The maximum Gasteiger partial charge on any atom is 0.141 e. The van der Waals surface area contributed by atoms with Crippen LogP contribution in [0.3, 0.4) is 0 Å². The van der Waals surface area contributed by atoms with Gasteiger partial charge < -0.3 is 10.0 Å². The minimum Gasteiger partial charge on any atom is -0.395 e. The van der Waals surface area contributed by atoms with Crippen LogP contribution in [0.2, 0.25) is 0 Å². The van der Waals surface area contributed by atoms with E-state index in [4.69, 9.17) is 5.11 Å². The molecule has 0 aliphatic rings. The number of aromatic nitrogens is 2. The van der Waals surface area contributed by atoms with Crippen LogP contribution in [0.5, 0.6) is 0 Å². The molecule has 0 fully saturated rings. The van der Waals surface area contributed by atoms with Crippen molar-refractivity contribution in [2.24, 2.45) is 0 Å². The lowest BCUT2D eigenvalue weighted by molar-refractivity contribution is 0.303. The monoisotopic (exact) mass is 263 g/mol. The van der Waals surface area contributed by atoms with E-state index in [1.54, 1.807) is 11.3 Å². The molecule has 18 heavy (non-hydrogen) atoms. The van der Waals surface area contributed by atoms with Crippen molar-refractivity contribution in [2.75, 3.05) is 24.6 Å². The Bertz CT molecular complexity index is 565. The Morgan fingerprint density at radius 2 is 2.22 bits per heavy atom. The Labute approximate surface area is 111 Å². The van der Waals surface area contributed by atoms with Crippen LogP contribution < -0.4 is 4.90 Å². The molecule has 0 saturated carbocycles. The molecule has 2 aromatic rings. The van der Waals surface area contributed by atoms with E-state index < -0.39 is 0 Å². The predicted octanol–water partition coefficient (Wildman–Crippen LogP) is 2.29. The minimum atomic E-state index is 0.0988. The van der Waals surface area contributed by atoms with Crippen LogP contribution >= 0.6 is 11.3 Å². The highest BCUT2D eigenvalue weighted by Crippen LogP contribution is 2.31. The molecule has 1 N–H and O–H groups in total. The molecule has 0 amide bonds. The molecule has 4 nitrogen and oxygen atoms in total. The van der Waals surface area contributed by atoms with Crippen LogP contribution in [0.25, 0.3) is 10.2 Å². The molecule has 0 atom stereocenters. The first kappa shape index (κ1) is 13.0. The molecule has 2 heterocycles. The molecule has 2 aromatic heterocycles. The van der Waals surface area contributed by atoms with Gasteiger partial charge in [-0.15, -0.1) is 17.9 Å². The van der Waals surface area contributed by atoms with E-state index in [2.05, 4.69) is 28.9 Å². The lowest BCUT2D eigenvalue weighted by atomic mass is 10.2. The predicted molar refractivity (Wildman–Crippen MR) is 76.4 cm³/mol. The van der Waals surface area contributed by atoms with Gasteiger partial charge in [-0.3, -0.25) is 0 Å². The molecular weight excluding hydrogens is 246 g/mol. The van der Waals surface area contributed by atoms with E-state index in [1.165, 1.54) is 5.56 Å². The topological polar surface area (TPSA) is 49.2 Å². The zero-order valence-electron chi connectivity index (χ0n) is 10.7. The van der Waals surface area contributed by atoms with Gasteiger partial charge in [-0.2, -0.15) is 0 Å². The number of nitrogens with zero attached hydrogens (tertiary/aromatic N) is 3. The summed E-state index contributed by atoms with van der Waals surface area (Å²) in [7, 11) is 0. The summed E-state index contributed by atoms with van der Waals surface area (Å²) >= 11 is 1.63. The SMILES string of the molecule is C=CCN(CCO)c1nc(C)nc2scc(C)c12. The number of aliphatic hydroxyl groups excluding tert-OH is 1. The van der Waals surface area contributed by atoms with Crippen molar-refractivity contribution in [3.05, 3.63) is 29.4 Å². The first-order chi connectivity index (χ1) is 8.67. The van der Waals surface area contributed by atoms with Gasteiger partial charge in [0.2, 0.25) is 0 Å². The van der Waals surface area contributed by atoms with E-state index >= 15 is 0 Å². The highest BCUT2D eigenvalue weighted by Gasteiger charge is 2.15. The normalized spacial score (nSPS) is 10.8. The number of anilines is 1. The highest BCUT2D eigenvalue weighted by atomic mass is 32.1. The summed E-state index contributed by atoms with van der Waals surface area (Å²) in [5.41, 5.74) is 1.18. The second kappa shape index (κ2) is 5.46. The molecule has 0 aliphatic heterocycles. The van der Waals surface area contributed by atoms with Crippen molar-refractivity contribution in [3.63, 3.8) is 0 Å². The average Bonchev–Trinajstić information content (AvgIpc) is 2.70.